The number of nitrogens with one attached hydrogen (secondary N) is 1. The molecule has 0 amide bonds. The average molecular weight is 171 g/mol. The summed E-state index contributed by atoms with van der Waals surface area (Å²) in [6.45, 7) is 0. The molecule has 7 N–H and O–H groups in total. The van der Waals surface area contributed by atoms with Crippen LogP contribution >= 0.6 is 0 Å². The monoisotopic (exact) mass is 171 g/mol. The minimum atomic E-state index is 0.0417. The first-order valence-corrected chi connectivity index (χ1v) is 3.21. The summed E-state index contributed by atoms with van der Waals surface area (Å²) < 4.78 is 0. The highest BCUT2D eigenvalue weighted by molar-refractivity contribution is 5.33. The fraction of sp³-hybridized carbons (Fsp3) is 0.400. The van der Waals surface area contributed by atoms with Crippen LogP contribution in [0.15, 0.2) is 0 Å². The molecular weight excluding hydrogens is 158 g/mol. The van der Waals surface area contributed by atoms with Gasteiger partial charge in [-0.2, -0.15) is 15.0 Å². The van der Waals surface area contributed by atoms with Gasteiger partial charge in [-0.1, -0.05) is 0 Å². The molecule has 1 rings (SSSR count). The van der Waals surface area contributed by atoms with Gasteiger partial charge in [0, 0.05) is 0 Å². The van der Waals surface area contributed by atoms with Gasteiger partial charge in [-0.25, -0.2) is 0 Å². The topological polar surface area (TPSA) is 129 Å². The Morgan fingerprint density at radius 2 is 1.00 bits per heavy atom. The third-order valence-corrected chi connectivity index (χ3v) is 0.687. The smallest absolute Gasteiger partial charge is 0.226 e. The van der Waals surface area contributed by atoms with Crippen LogP contribution in [0.2, 0.25) is 0 Å². The van der Waals surface area contributed by atoms with E-state index < -0.39 is 0 Å². The number of aromatic nitrogens is 3. The lowest BCUT2D eigenvalue weighted by Gasteiger charge is -1.93. The molecule has 7 nitrogen and oxygen atoms in total. The summed E-state index contributed by atoms with van der Waals surface area (Å²) in [7, 11) is 3.75. The lowest BCUT2D eigenvalue weighted by atomic mass is 10.9. The van der Waals surface area contributed by atoms with Gasteiger partial charge in [0.05, 0.1) is 0 Å². The first-order valence-electron chi connectivity index (χ1n) is 3.21. The van der Waals surface area contributed by atoms with E-state index in [9.17, 15) is 0 Å². The van der Waals surface area contributed by atoms with Crippen LogP contribution in [-0.4, -0.2) is 29.0 Å². The summed E-state index contributed by atoms with van der Waals surface area (Å²) in [6, 6.07) is 0. The number of hydrogen-bond donors (Lipinski definition) is 4. The number of rotatable bonds is 0. The molecule has 0 radical (unpaired) electrons. The minimum absolute atomic E-state index is 0.0417. The Bertz CT molecular complexity index is 185. The van der Waals surface area contributed by atoms with Crippen LogP contribution in [0, 0.1) is 0 Å². The van der Waals surface area contributed by atoms with Gasteiger partial charge >= 0.3 is 0 Å². The van der Waals surface area contributed by atoms with E-state index >= 15 is 0 Å². The quantitative estimate of drug-likeness (QED) is 0.372. The van der Waals surface area contributed by atoms with Gasteiger partial charge in [0.2, 0.25) is 17.8 Å². The maximum absolute atomic E-state index is 5.14. The second kappa shape index (κ2) is 5.08. The maximum atomic E-state index is 5.14. The Hall–Kier alpha value is -1.63. The third-order valence-electron chi connectivity index (χ3n) is 0.687. The zero-order chi connectivity index (χ0) is 9.56. The molecule has 0 spiro atoms. The van der Waals surface area contributed by atoms with Crippen molar-refractivity contribution in [3.63, 3.8) is 0 Å². The second-order valence-corrected chi connectivity index (χ2v) is 1.91. The molecule has 7 heteroatoms. The summed E-state index contributed by atoms with van der Waals surface area (Å²) in [6.07, 6.45) is 0. The molecule has 1 aromatic heterocycles. The van der Waals surface area contributed by atoms with Crippen LogP contribution in [0.5, 0.6) is 0 Å². The first-order chi connectivity index (χ1) is 5.60. The van der Waals surface area contributed by atoms with Gasteiger partial charge in [0.15, 0.2) is 0 Å². The molecule has 12 heavy (non-hydrogen) atoms. The molecule has 0 aliphatic heterocycles. The largest absolute Gasteiger partial charge is 0.368 e. The predicted octanol–water partition coefficient (Wildman–Crippen LogP) is -1.55. The van der Waals surface area contributed by atoms with Gasteiger partial charge in [-0.15, -0.1) is 0 Å². The normalized spacial score (nSPS) is 8.50. The zero-order valence-corrected chi connectivity index (χ0v) is 7.07. The molecule has 1 heterocycles. The van der Waals surface area contributed by atoms with E-state index in [4.69, 9.17) is 17.2 Å². The third kappa shape index (κ3) is 4.23. The number of nitrogens with zero attached hydrogens (tertiary/aromatic N) is 3. The van der Waals surface area contributed by atoms with E-state index in [-0.39, 0.29) is 17.8 Å². The van der Waals surface area contributed by atoms with Crippen LogP contribution in [-0.2, 0) is 0 Å². The first kappa shape index (κ1) is 10.4. The predicted molar refractivity (Wildman–Crippen MR) is 48.0 cm³/mol. The fourth-order valence-electron chi connectivity index (χ4n) is 0.427. The molecule has 0 atom stereocenters. The van der Waals surface area contributed by atoms with Crippen molar-refractivity contribution in [3.8, 4) is 0 Å². The SMILES string of the molecule is CNC.Nc1nc(N)nc(N)n1. The van der Waals surface area contributed by atoms with Crippen molar-refractivity contribution in [2.45, 2.75) is 0 Å². The van der Waals surface area contributed by atoms with Crippen molar-refractivity contribution in [1.29, 1.82) is 0 Å². The Labute approximate surface area is 70.4 Å². The Morgan fingerprint density at radius 3 is 1.17 bits per heavy atom. The van der Waals surface area contributed by atoms with Gasteiger partial charge in [-0.3, -0.25) is 0 Å². The molecule has 68 valence electrons. The highest BCUT2D eigenvalue weighted by Crippen LogP contribution is 1.97. The summed E-state index contributed by atoms with van der Waals surface area (Å²) in [5, 5.41) is 2.75. The van der Waals surface area contributed by atoms with Crippen LogP contribution in [0.1, 0.15) is 0 Å². The number of hydrogen-bond acceptors (Lipinski definition) is 7. The molecule has 0 aliphatic rings. The highest BCUT2D eigenvalue weighted by Gasteiger charge is 1.93. The molecular formula is C5H13N7. The van der Waals surface area contributed by atoms with Crippen molar-refractivity contribution in [2.75, 3.05) is 31.3 Å². The van der Waals surface area contributed by atoms with E-state index in [2.05, 4.69) is 20.3 Å². The number of nitrogens with two attached hydrogens (primary N) is 3. The van der Waals surface area contributed by atoms with E-state index in [0.717, 1.165) is 0 Å². The Balaban J connectivity index is 0.000000354. The Kier molecular flexibility index (Phi) is 4.39. The van der Waals surface area contributed by atoms with Gasteiger partial charge in [-0.05, 0) is 14.1 Å². The van der Waals surface area contributed by atoms with E-state index in [1.165, 1.54) is 0 Å². The van der Waals surface area contributed by atoms with Crippen LogP contribution in [0.3, 0.4) is 0 Å². The molecule has 0 aromatic carbocycles. The maximum Gasteiger partial charge on any atom is 0.226 e. The summed E-state index contributed by atoms with van der Waals surface area (Å²) in [4.78, 5) is 10.5. The Morgan fingerprint density at radius 1 is 0.833 bits per heavy atom. The van der Waals surface area contributed by atoms with Gasteiger partial charge in [0.25, 0.3) is 0 Å². The highest BCUT2D eigenvalue weighted by atomic mass is 15.2. The van der Waals surface area contributed by atoms with Crippen LogP contribution < -0.4 is 22.5 Å². The minimum Gasteiger partial charge on any atom is -0.368 e. The lowest BCUT2D eigenvalue weighted by Crippen LogP contribution is -2.05. The van der Waals surface area contributed by atoms with Crippen molar-refractivity contribution < 1.29 is 0 Å². The number of anilines is 3. The molecule has 0 saturated carbocycles. The zero-order valence-electron chi connectivity index (χ0n) is 7.07. The van der Waals surface area contributed by atoms with Crippen molar-refractivity contribution in [1.82, 2.24) is 20.3 Å². The molecule has 0 unspecified atom stereocenters. The molecule has 0 saturated heterocycles. The average Bonchev–Trinajstić information content (AvgIpc) is 1.84. The molecule has 1 aromatic rings. The van der Waals surface area contributed by atoms with Crippen molar-refractivity contribution in [2.24, 2.45) is 0 Å². The summed E-state index contributed by atoms with van der Waals surface area (Å²) in [5.41, 5.74) is 15.4. The van der Waals surface area contributed by atoms with E-state index in [1.54, 1.807) is 0 Å². The second-order valence-electron chi connectivity index (χ2n) is 1.91. The standard InChI is InChI=1S/C3H6N6.C2H7N/c4-1-7-2(5)9-3(6)8-1;1-3-2/h(H6,4,5,6,7,8,9);3H,1-2H3. The van der Waals surface area contributed by atoms with Crippen LogP contribution in [0.25, 0.3) is 0 Å². The van der Waals surface area contributed by atoms with Crippen molar-refractivity contribution >= 4 is 17.8 Å². The van der Waals surface area contributed by atoms with Gasteiger partial charge in [0.1, 0.15) is 0 Å². The van der Waals surface area contributed by atoms with Gasteiger partial charge < -0.3 is 22.5 Å². The summed E-state index contributed by atoms with van der Waals surface area (Å²) in [5.74, 6) is 0.125. The lowest BCUT2D eigenvalue weighted by molar-refractivity contribution is 1.02. The fourth-order valence-corrected chi connectivity index (χ4v) is 0.427. The number of nitrogen functional groups attached to an aromatic ring is 3. The molecule has 0 bridgehead atoms. The van der Waals surface area contributed by atoms with E-state index in [1.807, 2.05) is 14.1 Å². The summed E-state index contributed by atoms with van der Waals surface area (Å²) >= 11 is 0. The van der Waals surface area contributed by atoms with E-state index in [0.29, 0.717) is 0 Å². The van der Waals surface area contributed by atoms with Crippen molar-refractivity contribution in [3.05, 3.63) is 0 Å². The van der Waals surface area contributed by atoms with Crippen LogP contribution in [0.4, 0.5) is 17.8 Å². The molecule has 0 aliphatic carbocycles. The molecule has 0 fully saturated rings.